The van der Waals surface area contributed by atoms with Gasteiger partial charge in [-0.3, -0.25) is 0 Å². The van der Waals surface area contributed by atoms with Gasteiger partial charge in [0, 0.05) is 12.1 Å². The summed E-state index contributed by atoms with van der Waals surface area (Å²) in [5.41, 5.74) is 3.56. The summed E-state index contributed by atoms with van der Waals surface area (Å²) in [4.78, 5) is 11.1. The molecule has 0 unspecified atom stereocenters. The number of nitrogens with one attached hydrogen (secondary N) is 2. The van der Waals surface area contributed by atoms with Gasteiger partial charge in [0.1, 0.15) is 17.5 Å². The van der Waals surface area contributed by atoms with Gasteiger partial charge in [-0.2, -0.15) is 0 Å². The van der Waals surface area contributed by atoms with Crippen molar-refractivity contribution in [1.82, 2.24) is 14.9 Å². The van der Waals surface area contributed by atoms with Crippen LogP contribution in [-0.2, 0) is 0 Å². The number of hydrogen-bond acceptors (Lipinski definition) is 6. The quantitative estimate of drug-likeness (QED) is 0.376. The highest BCUT2D eigenvalue weighted by molar-refractivity contribution is 5.56. The zero-order valence-corrected chi connectivity index (χ0v) is 12.5. The van der Waals surface area contributed by atoms with E-state index in [2.05, 4.69) is 39.5 Å². The molecule has 4 N–H and O–H groups in total. The van der Waals surface area contributed by atoms with Crippen LogP contribution in [0.5, 0.6) is 0 Å². The third-order valence-electron chi connectivity index (χ3n) is 3.23. The van der Waals surface area contributed by atoms with Crippen LogP contribution in [-0.4, -0.2) is 41.0 Å². The van der Waals surface area contributed by atoms with Gasteiger partial charge in [-0.15, -0.1) is 0 Å². The molecule has 1 aromatic heterocycles. The largest absolute Gasteiger partial charge is 0.370 e. The monoisotopic (exact) mass is 266 g/mol. The van der Waals surface area contributed by atoms with Crippen LogP contribution in [0.1, 0.15) is 31.7 Å². The standard InChI is InChI=1S/C13H26N6/c1-5-19(6-2)9-7-8-15-12-10(3)13(18-14)17-11(4)16-12/h5-9,14H2,1-4H3,(H2,15,16,17,18). The molecule has 0 aromatic carbocycles. The molecule has 6 nitrogen and oxygen atoms in total. The molecule has 1 rings (SSSR count). The van der Waals surface area contributed by atoms with Crippen molar-refractivity contribution >= 4 is 11.6 Å². The molecular formula is C13H26N6. The Hall–Kier alpha value is -1.40. The molecule has 0 aliphatic rings. The molecule has 108 valence electrons. The number of nitrogens with zero attached hydrogens (tertiary/aromatic N) is 3. The fourth-order valence-corrected chi connectivity index (χ4v) is 1.99. The number of aryl methyl sites for hydroxylation is 1. The van der Waals surface area contributed by atoms with Crippen molar-refractivity contribution in [3.8, 4) is 0 Å². The minimum Gasteiger partial charge on any atom is -0.370 e. The van der Waals surface area contributed by atoms with Crippen LogP contribution < -0.4 is 16.6 Å². The second kappa shape index (κ2) is 7.91. The van der Waals surface area contributed by atoms with E-state index < -0.39 is 0 Å². The molecule has 0 saturated heterocycles. The van der Waals surface area contributed by atoms with Crippen molar-refractivity contribution in [2.75, 3.05) is 36.9 Å². The molecule has 0 bridgehead atoms. The molecule has 0 atom stereocenters. The highest BCUT2D eigenvalue weighted by Gasteiger charge is 2.07. The number of aromatic nitrogens is 2. The molecule has 0 aliphatic heterocycles. The van der Waals surface area contributed by atoms with Crippen molar-refractivity contribution in [1.29, 1.82) is 0 Å². The predicted molar refractivity (Wildman–Crippen MR) is 80.2 cm³/mol. The Kier molecular flexibility index (Phi) is 6.52. The highest BCUT2D eigenvalue weighted by Crippen LogP contribution is 2.18. The van der Waals surface area contributed by atoms with Crippen molar-refractivity contribution < 1.29 is 0 Å². The number of rotatable bonds is 8. The van der Waals surface area contributed by atoms with Crippen LogP contribution in [0.2, 0.25) is 0 Å². The Balaban J connectivity index is 2.51. The summed E-state index contributed by atoms with van der Waals surface area (Å²) in [7, 11) is 0. The van der Waals surface area contributed by atoms with Gasteiger partial charge in [-0.25, -0.2) is 15.8 Å². The van der Waals surface area contributed by atoms with Crippen LogP contribution in [0.25, 0.3) is 0 Å². The van der Waals surface area contributed by atoms with Gasteiger partial charge >= 0.3 is 0 Å². The van der Waals surface area contributed by atoms with Crippen molar-refractivity contribution in [2.24, 2.45) is 5.84 Å². The third-order valence-corrected chi connectivity index (χ3v) is 3.23. The Morgan fingerprint density at radius 2 is 1.74 bits per heavy atom. The second-order valence-corrected chi connectivity index (χ2v) is 4.54. The van der Waals surface area contributed by atoms with Gasteiger partial charge in [0.25, 0.3) is 0 Å². The maximum atomic E-state index is 5.44. The van der Waals surface area contributed by atoms with E-state index in [0.29, 0.717) is 11.6 Å². The van der Waals surface area contributed by atoms with Crippen LogP contribution in [0, 0.1) is 13.8 Å². The molecule has 0 aliphatic carbocycles. The van der Waals surface area contributed by atoms with Crippen LogP contribution >= 0.6 is 0 Å². The van der Waals surface area contributed by atoms with E-state index in [1.165, 1.54) is 0 Å². The number of anilines is 2. The van der Waals surface area contributed by atoms with E-state index in [9.17, 15) is 0 Å². The Morgan fingerprint density at radius 3 is 2.32 bits per heavy atom. The van der Waals surface area contributed by atoms with E-state index in [0.717, 1.165) is 44.0 Å². The first-order valence-electron chi connectivity index (χ1n) is 6.90. The maximum absolute atomic E-state index is 5.44. The zero-order chi connectivity index (χ0) is 14.3. The fourth-order valence-electron chi connectivity index (χ4n) is 1.99. The highest BCUT2D eigenvalue weighted by atomic mass is 15.3. The van der Waals surface area contributed by atoms with E-state index in [1.807, 2.05) is 13.8 Å². The number of hydrazine groups is 1. The smallest absolute Gasteiger partial charge is 0.148 e. The number of nitrogen functional groups attached to an aromatic ring is 1. The van der Waals surface area contributed by atoms with Crippen molar-refractivity contribution in [3.05, 3.63) is 11.4 Å². The molecule has 0 spiro atoms. The second-order valence-electron chi connectivity index (χ2n) is 4.54. The fraction of sp³-hybridized carbons (Fsp3) is 0.692. The topological polar surface area (TPSA) is 79.1 Å². The lowest BCUT2D eigenvalue weighted by Gasteiger charge is -2.18. The summed E-state index contributed by atoms with van der Waals surface area (Å²) in [6.45, 7) is 12.4. The van der Waals surface area contributed by atoms with Gasteiger partial charge < -0.3 is 15.6 Å². The Bertz CT molecular complexity index is 389. The lowest BCUT2D eigenvalue weighted by atomic mass is 10.3. The van der Waals surface area contributed by atoms with Crippen LogP contribution in [0.4, 0.5) is 11.6 Å². The van der Waals surface area contributed by atoms with Gasteiger partial charge in [0.2, 0.25) is 0 Å². The van der Waals surface area contributed by atoms with Gasteiger partial charge in [0.15, 0.2) is 0 Å². The Morgan fingerprint density at radius 1 is 1.11 bits per heavy atom. The van der Waals surface area contributed by atoms with Crippen LogP contribution in [0.15, 0.2) is 0 Å². The molecule has 0 amide bonds. The minimum absolute atomic E-state index is 0.679. The minimum atomic E-state index is 0.679. The summed E-state index contributed by atoms with van der Waals surface area (Å²) in [6, 6.07) is 0. The summed E-state index contributed by atoms with van der Waals surface area (Å²) in [6.07, 6.45) is 1.09. The molecule has 0 radical (unpaired) electrons. The first-order valence-corrected chi connectivity index (χ1v) is 6.90. The Labute approximate surface area is 115 Å². The van der Waals surface area contributed by atoms with E-state index >= 15 is 0 Å². The third kappa shape index (κ3) is 4.65. The average Bonchev–Trinajstić information content (AvgIpc) is 2.42. The average molecular weight is 266 g/mol. The molecule has 1 aromatic rings. The first-order chi connectivity index (χ1) is 9.12. The van der Waals surface area contributed by atoms with E-state index in [1.54, 1.807) is 0 Å². The molecular weight excluding hydrogens is 240 g/mol. The van der Waals surface area contributed by atoms with Crippen molar-refractivity contribution in [2.45, 2.75) is 34.1 Å². The number of nitrogens with two attached hydrogens (primary N) is 1. The lowest BCUT2D eigenvalue weighted by molar-refractivity contribution is 0.303. The number of hydrogen-bond donors (Lipinski definition) is 3. The molecule has 1 heterocycles. The van der Waals surface area contributed by atoms with Crippen molar-refractivity contribution in [3.63, 3.8) is 0 Å². The normalized spacial score (nSPS) is 10.8. The molecule has 6 heteroatoms. The summed E-state index contributed by atoms with van der Waals surface area (Å²) >= 11 is 0. The van der Waals surface area contributed by atoms with Gasteiger partial charge in [-0.05, 0) is 39.9 Å². The molecule has 19 heavy (non-hydrogen) atoms. The first kappa shape index (κ1) is 15.7. The predicted octanol–water partition coefficient (Wildman–Crippen LogP) is 1.52. The van der Waals surface area contributed by atoms with Crippen LogP contribution in [0.3, 0.4) is 0 Å². The summed E-state index contributed by atoms with van der Waals surface area (Å²) in [5, 5.41) is 3.36. The van der Waals surface area contributed by atoms with Gasteiger partial charge in [-0.1, -0.05) is 13.8 Å². The van der Waals surface area contributed by atoms with E-state index in [4.69, 9.17) is 5.84 Å². The summed E-state index contributed by atoms with van der Waals surface area (Å²) < 4.78 is 0. The van der Waals surface area contributed by atoms with E-state index in [-0.39, 0.29) is 0 Å². The zero-order valence-electron chi connectivity index (χ0n) is 12.5. The molecule has 0 fully saturated rings. The lowest BCUT2D eigenvalue weighted by Crippen LogP contribution is -2.25. The summed E-state index contributed by atoms with van der Waals surface area (Å²) in [5.74, 6) is 7.70. The maximum Gasteiger partial charge on any atom is 0.148 e. The SMILES string of the molecule is CCN(CC)CCCNc1nc(C)nc(NN)c1C. The van der Waals surface area contributed by atoms with Gasteiger partial charge in [0.05, 0.1) is 0 Å². The molecule has 0 saturated carbocycles.